The molecule has 0 amide bonds. The van der Waals surface area contributed by atoms with Gasteiger partial charge in [0.15, 0.2) is 0 Å². The number of halogens is 2. The Hall–Kier alpha value is -2.56. The zero-order valence-electron chi connectivity index (χ0n) is 19.3. The van der Waals surface area contributed by atoms with Gasteiger partial charge < -0.3 is 9.47 Å². The van der Waals surface area contributed by atoms with Crippen LogP contribution in [0.1, 0.15) is 30.9 Å². The zero-order valence-corrected chi connectivity index (χ0v) is 21.6. The predicted octanol–water partition coefficient (Wildman–Crippen LogP) is 5.91. The lowest BCUT2D eigenvalue weighted by Gasteiger charge is -2.29. The molecular formula is C24H24Cl2N6O2S. The predicted molar refractivity (Wildman–Crippen MR) is 137 cm³/mol. The van der Waals surface area contributed by atoms with Crippen molar-refractivity contribution in [2.45, 2.75) is 45.1 Å². The van der Waals surface area contributed by atoms with Gasteiger partial charge in [0.1, 0.15) is 25.5 Å². The van der Waals surface area contributed by atoms with Crippen LogP contribution < -0.4 is 0 Å². The van der Waals surface area contributed by atoms with E-state index in [4.69, 9.17) is 32.7 Å². The Morgan fingerprint density at radius 2 is 2.09 bits per heavy atom. The summed E-state index contributed by atoms with van der Waals surface area (Å²) in [6.07, 6.45) is 6.88. The molecule has 0 spiro atoms. The topological polar surface area (TPSA) is 79.4 Å². The number of hydrogen-bond donors (Lipinski definition) is 0. The lowest BCUT2D eigenvalue weighted by atomic mass is 10.1. The van der Waals surface area contributed by atoms with Gasteiger partial charge in [0.05, 0.1) is 28.0 Å². The van der Waals surface area contributed by atoms with E-state index in [2.05, 4.69) is 52.3 Å². The summed E-state index contributed by atoms with van der Waals surface area (Å²) in [5, 5.41) is 13.1. The lowest BCUT2D eigenvalue weighted by Crippen LogP contribution is -2.34. The van der Waals surface area contributed by atoms with Crippen LogP contribution in [0.2, 0.25) is 10.0 Å². The first kappa shape index (κ1) is 24.1. The molecule has 4 heterocycles. The summed E-state index contributed by atoms with van der Waals surface area (Å²) in [7, 11) is 0. The van der Waals surface area contributed by atoms with E-state index in [9.17, 15) is 0 Å². The maximum absolute atomic E-state index is 6.37. The fourth-order valence-corrected chi connectivity index (χ4v) is 5.81. The number of aryl methyl sites for hydroxylation is 1. The summed E-state index contributed by atoms with van der Waals surface area (Å²) in [6, 6.07) is 11.6. The van der Waals surface area contributed by atoms with Crippen molar-refractivity contribution in [3.05, 3.63) is 76.6 Å². The highest BCUT2D eigenvalue weighted by atomic mass is 35.5. The van der Waals surface area contributed by atoms with E-state index in [0.29, 0.717) is 23.2 Å². The number of fused-ring (bicyclic) bond motifs is 3. The van der Waals surface area contributed by atoms with E-state index in [1.54, 1.807) is 40.8 Å². The number of aromatic nitrogens is 6. The average Bonchev–Trinajstić information content (AvgIpc) is 3.60. The van der Waals surface area contributed by atoms with Gasteiger partial charge in [-0.1, -0.05) is 66.1 Å². The highest BCUT2D eigenvalue weighted by Crippen LogP contribution is 2.41. The molecule has 8 nitrogen and oxygen atoms in total. The second kappa shape index (κ2) is 10.2. The number of benzene rings is 2. The molecule has 182 valence electrons. The smallest absolute Gasteiger partial charge is 0.217 e. The maximum atomic E-state index is 6.37. The summed E-state index contributed by atoms with van der Waals surface area (Å²) in [5.74, 6) is -0.963. The zero-order chi connectivity index (χ0) is 24.4. The fraction of sp³-hybridized carbons (Fsp3) is 0.333. The first-order chi connectivity index (χ1) is 17.0. The first-order valence-electron chi connectivity index (χ1n) is 11.3. The van der Waals surface area contributed by atoms with Crippen LogP contribution in [0.15, 0.2) is 55.4 Å². The summed E-state index contributed by atoms with van der Waals surface area (Å²) in [5.41, 5.74) is 3.25. The van der Waals surface area contributed by atoms with E-state index < -0.39 is 5.79 Å². The normalized spacial score (nSPS) is 19.8. The molecule has 0 saturated carbocycles. The molecule has 2 atom stereocenters. The quantitative estimate of drug-likeness (QED) is 0.281. The van der Waals surface area contributed by atoms with E-state index in [1.165, 1.54) is 22.1 Å². The van der Waals surface area contributed by atoms with E-state index in [-0.39, 0.29) is 6.10 Å². The minimum Gasteiger partial charge on any atom is -0.342 e. The van der Waals surface area contributed by atoms with Gasteiger partial charge >= 0.3 is 0 Å². The highest BCUT2D eigenvalue weighted by Gasteiger charge is 2.45. The monoisotopic (exact) mass is 530 g/mol. The molecule has 5 aromatic rings. The van der Waals surface area contributed by atoms with Gasteiger partial charge in [-0.15, -0.1) is 10.2 Å². The molecular weight excluding hydrogens is 507 g/mol. The Labute approximate surface area is 216 Å². The minimum absolute atomic E-state index is 0.0419. The van der Waals surface area contributed by atoms with Crippen LogP contribution in [0.5, 0.6) is 0 Å². The van der Waals surface area contributed by atoms with Crippen LogP contribution in [0, 0.1) is 6.92 Å². The minimum atomic E-state index is -0.963. The van der Waals surface area contributed by atoms with Gasteiger partial charge in [-0.2, -0.15) is 5.10 Å². The Morgan fingerprint density at radius 3 is 2.86 bits per heavy atom. The van der Waals surface area contributed by atoms with Crippen molar-refractivity contribution in [2.24, 2.45) is 0 Å². The van der Waals surface area contributed by atoms with Crippen LogP contribution in [0.3, 0.4) is 0 Å². The van der Waals surface area contributed by atoms with E-state index >= 15 is 0 Å². The summed E-state index contributed by atoms with van der Waals surface area (Å²) in [6.45, 7) is 5.14. The average molecular weight is 531 g/mol. The molecule has 1 aliphatic heterocycles. The van der Waals surface area contributed by atoms with Crippen molar-refractivity contribution in [1.29, 1.82) is 0 Å². The largest absolute Gasteiger partial charge is 0.342 e. The molecule has 1 aliphatic rings. The molecule has 0 bridgehead atoms. The molecule has 0 aliphatic carbocycles. The van der Waals surface area contributed by atoms with Gasteiger partial charge in [-0.05, 0) is 37.1 Å². The summed E-state index contributed by atoms with van der Waals surface area (Å²) >= 11 is 14.0. The second-order valence-electron chi connectivity index (χ2n) is 8.32. The van der Waals surface area contributed by atoms with E-state index in [1.807, 2.05) is 10.5 Å². The number of para-hydroxylation sites is 1. The van der Waals surface area contributed by atoms with Crippen LogP contribution >= 0.6 is 34.5 Å². The highest BCUT2D eigenvalue weighted by molar-refractivity contribution is 7.23. The van der Waals surface area contributed by atoms with Crippen molar-refractivity contribution >= 4 is 49.7 Å². The third-order valence-corrected chi connectivity index (χ3v) is 7.37. The van der Waals surface area contributed by atoms with Gasteiger partial charge in [0.25, 0.3) is 0 Å². The van der Waals surface area contributed by atoms with Crippen molar-refractivity contribution in [1.82, 2.24) is 29.4 Å². The van der Waals surface area contributed by atoms with Gasteiger partial charge in [-0.3, -0.25) is 4.40 Å². The molecule has 3 aromatic heterocycles. The third kappa shape index (κ3) is 4.92. The third-order valence-electron chi connectivity index (χ3n) is 5.81. The van der Waals surface area contributed by atoms with Crippen molar-refractivity contribution < 1.29 is 9.47 Å². The Balaban J connectivity index is 0.000000164. The summed E-state index contributed by atoms with van der Waals surface area (Å²) in [4.78, 5) is 4.93. The Morgan fingerprint density at radius 1 is 1.20 bits per heavy atom. The number of rotatable bonds is 5. The second-order valence-corrected chi connectivity index (χ2v) is 10.2. The van der Waals surface area contributed by atoms with Gasteiger partial charge in [0, 0.05) is 10.6 Å². The number of ether oxygens (including phenoxy) is 2. The van der Waals surface area contributed by atoms with Crippen LogP contribution in [-0.4, -0.2) is 42.1 Å². The molecule has 0 radical (unpaired) electrons. The molecule has 35 heavy (non-hydrogen) atoms. The first-order valence-corrected chi connectivity index (χ1v) is 12.8. The number of nitrogens with zero attached hydrogens (tertiary/aromatic N) is 6. The van der Waals surface area contributed by atoms with Crippen LogP contribution in [0.25, 0.3) is 15.2 Å². The van der Waals surface area contributed by atoms with Gasteiger partial charge in [-0.25, -0.2) is 9.67 Å². The molecule has 2 unspecified atom stereocenters. The lowest BCUT2D eigenvalue weighted by molar-refractivity contribution is -0.189. The Bertz CT molecular complexity index is 1440. The van der Waals surface area contributed by atoms with Crippen LogP contribution in [-0.2, 0) is 21.8 Å². The SMILES string of the molecule is CCCC1COC(Cn2cncn2)(c2ccc(Cl)cc2Cl)O1.Cc1cccc2sc3nncn3c12. The van der Waals surface area contributed by atoms with Gasteiger partial charge in [0.2, 0.25) is 10.7 Å². The molecule has 6 rings (SSSR count). The standard InChI is InChI=1S/C15H17Cl2N3O2.C9H7N3S/c1-2-3-12-7-21-15(22-12,8-20-10-18-9-19-20)13-5-4-11(16)6-14(13)17;1-6-3-2-4-7-8(6)12-5-10-11-9(12)13-7/h4-6,9-10,12H,2-3,7-8H2,1H3;2-5H,1H3. The molecule has 2 aromatic carbocycles. The van der Waals surface area contributed by atoms with Crippen molar-refractivity contribution in [3.63, 3.8) is 0 Å². The molecule has 1 saturated heterocycles. The van der Waals surface area contributed by atoms with Crippen molar-refractivity contribution in [2.75, 3.05) is 6.61 Å². The Kier molecular flexibility index (Phi) is 7.04. The molecule has 11 heteroatoms. The van der Waals surface area contributed by atoms with Crippen LogP contribution in [0.4, 0.5) is 0 Å². The maximum Gasteiger partial charge on any atom is 0.217 e. The molecule has 0 N–H and O–H groups in total. The number of hydrogen-bond acceptors (Lipinski definition) is 7. The number of thiazole rings is 1. The fourth-order valence-electron chi connectivity index (χ4n) is 4.23. The summed E-state index contributed by atoms with van der Waals surface area (Å²) < 4.78 is 17.3. The van der Waals surface area contributed by atoms with E-state index in [0.717, 1.165) is 23.4 Å². The van der Waals surface area contributed by atoms with Crippen molar-refractivity contribution in [3.8, 4) is 0 Å². The molecule has 1 fully saturated rings.